The minimum Gasteiger partial charge on any atom is -0.456 e. The molecule has 0 radical (unpaired) electrons. The number of fused-ring (bicyclic) bond motifs is 6. The van der Waals surface area contributed by atoms with Crippen LogP contribution in [0.3, 0.4) is 0 Å². The standard InChI is InChI=1S/C45H28N4O/c1-4-13-29(14-5-1)32-23-25-40-37(27-32)38-28-33(24-26-41(38)50-40)34-20-12-21-36-35-19-10-11-22-39(35)49(42(34)36)45-47-43(30-15-6-2-7-16-30)46-44(48-45)31-17-8-3-9-18-31/h1-28H. The van der Waals surface area contributed by atoms with Crippen molar-refractivity contribution in [1.82, 2.24) is 19.5 Å². The van der Waals surface area contributed by atoms with Gasteiger partial charge < -0.3 is 4.42 Å². The molecule has 5 heteroatoms. The maximum absolute atomic E-state index is 6.34. The first kappa shape index (κ1) is 28.2. The van der Waals surface area contributed by atoms with Crippen LogP contribution in [0, 0.1) is 0 Å². The number of aromatic nitrogens is 4. The van der Waals surface area contributed by atoms with Gasteiger partial charge >= 0.3 is 0 Å². The van der Waals surface area contributed by atoms with Crippen molar-refractivity contribution in [3.05, 3.63) is 170 Å². The van der Waals surface area contributed by atoms with Crippen molar-refractivity contribution < 1.29 is 4.42 Å². The van der Waals surface area contributed by atoms with E-state index in [0.717, 1.165) is 71.6 Å². The number of para-hydroxylation sites is 2. The van der Waals surface area contributed by atoms with E-state index in [1.54, 1.807) is 0 Å². The Morgan fingerprint density at radius 1 is 0.380 bits per heavy atom. The molecule has 50 heavy (non-hydrogen) atoms. The third kappa shape index (κ3) is 4.60. The summed E-state index contributed by atoms with van der Waals surface area (Å²) in [6.07, 6.45) is 0. The molecule has 0 N–H and O–H groups in total. The second-order valence-electron chi connectivity index (χ2n) is 12.5. The molecule has 0 amide bonds. The fourth-order valence-corrected chi connectivity index (χ4v) is 7.11. The van der Waals surface area contributed by atoms with E-state index in [0.29, 0.717) is 17.6 Å². The molecule has 5 nitrogen and oxygen atoms in total. The summed E-state index contributed by atoms with van der Waals surface area (Å²) in [7, 11) is 0. The van der Waals surface area contributed by atoms with Crippen LogP contribution >= 0.6 is 0 Å². The summed E-state index contributed by atoms with van der Waals surface area (Å²) in [5.74, 6) is 1.82. The van der Waals surface area contributed by atoms with Crippen molar-refractivity contribution >= 4 is 43.7 Å². The molecule has 0 spiro atoms. The molecule has 0 atom stereocenters. The lowest BCUT2D eigenvalue weighted by Gasteiger charge is -2.13. The third-order valence-corrected chi connectivity index (χ3v) is 9.47. The molecular formula is C45H28N4O. The quantitative estimate of drug-likeness (QED) is 0.188. The second kappa shape index (κ2) is 11.4. The van der Waals surface area contributed by atoms with Gasteiger partial charge in [0.1, 0.15) is 11.2 Å². The Morgan fingerprint density at radius 3 is 1.58 bits per heavy atom. The van der Waals surface area contributed by atoms with Gasteiger partial charge in [-0.05, 0) is 47.0 Å². The zero-order valence-corrected chi connectivity index (χ0v) is 26.9. The van der Waals surface area contributed by atoms with Crippen LogP contribution in [0.2, 0.25) is 0 Å². The van der Waals surface area contributed by atoms with Crippen LogP contribution in [0.1, 0.15) is 0 Å². The third-order valence-electron chi connectivity index (χ3n) is 9.47. The predicted octanol–water partition coefficient (Wildman–Crippen LogP) is 11.5. The number of nitrogens with zero attached hydrogens (tertiary/aromatic N) is 4. The van der Waals surface area contributed by atoms with Gasteiger partial charge in [0.25, 0.3) is 0 Å². The van der Waals surface area contributed by atoms with Crippen LogP contribution in [0.15, 0.2) is 174 Å². The maximum Gasteiger partial charge on any atom is 0.238 e. The zero-order valence-electron chi connectivity index (χ0n) is 26.9. The van der Waals surface area contributed by atoms with Crippen molar-refractivity contribution in [2.45, 2.75) is 0 Å². The van der Waals surface area contributed by atoms with Gasteiger partial charge in [-0.2, -0.15) is 9.97 Å². The van der Waals surface area contributed by atoms with Gasteiger partial charge in [-0.15, -0.1) is 0 Å². The first-order valence-corrected chi connectivity index (χ1v) is 16.7. The molecule has 10 aromatic rings. The van der Waals surface area contributed by atoms with Crippen LogP contribution in [-0.2, 0) is 0 Å². The average Bonchev–Trinajstić information content (AvgIpc) is 3.74. The monoisotopic (exact) mass is 640 g/mol. The van der Waals surface area contributed by atoms with E-state index >= 15 is 0 Å². The SMILES string of the molecule is c1ccc(-c2ccc3oc4ccc(-c5cccc6c7ccccc7n(-c7nc(-c8ccccc8)nc(-c8ccccc8)n7)c56)cc4c3c2)cc1. The second-order valence-corrected chi connectivity index (χ2v) is 12.5. The topological polar surface area (TPSA) is 56.7 Å². The van der Waals surface area contributed by atoms with Gasteiger partial charge in [-0.25, -0.2) is 4.98 Å². The van der Waals surface area contributed by atoms with E-state index in [1.165, 1.54) is 5.56 Å². The first-order valence-electron chi connectivity index (χ1n) is 16.7. The molecular weight excluding hydrogens is 613 g/mol. The smallest absolute Gasteiger partial charge is 0.238 e. The number of hydrogen-bond acceptors (Lipinski definition) is 4. The zero-order chi connectivity index (χ0) is 33.0. The molecule has 7 aromatic carbocycles. The molecule has 0 aliphatic carbocycles. The summed E-state index contributed by atoms with van der Waals surface area (Å²) >= 11 is 0. The lowest BCUT2D eigenvalue weighted by molar-refractivity contribution is 0.669. The van der Waals surface area contributed by atoms with E-state index in [4.69, 9.17) is 19.4 Å². The van der Waals surface area contributed by atoms with E-state index in [1.807, 2.05) is 66.7 Å². The Morgan fingerprint density at radius 2 is 0.920 bits per heavy atom. The highest BCUT2D eigenvalue weighted by molar-refractivity contribution is 6.15. The van der Waals surface area contributed by atoms with Crippen LogP contribution in [0.25, 0.3) is 94.7 Å². The summed E-state index contributed by atoms with van der Waals surface area (Å²) in [6.45, 7) is 0. The van der Waals surface area contributed by atoms with Crippen LogP contribution in [0.5, 0.6) is 0 Å². The highest BCUT2D eigenvalue weighted by Crippen LogP contribution is 2.40. The van der Waals surface area contributed by atoms with E-state index in [9.17, 15) is 0 Å². The molecule has 0 fully saturated rings. The van der Waals surface area contributed by atoms with Crippen molar-refractivity contribution in [2.24, 2.45) is 0 Å². The average molecular weight is 641 g/mol. The first-order chi connectivity index (χ1) is 24.8. The number of hydrogen-bond donors (Lipinski definition) is 0. The summed E-state index contributed by atoms with van der Waals surface area (Å²) in [5.41, 5.74) is 10.2. The van der Waals surface area contributed by atoms with Gasteiger partial charge in [-0.3, -0.25) is 4.57 Å². The number of furan rings is 1. The van der Waals surface area contributed by atoms with Crippen molar-refractivity contribution in [1.29, 1.82) is 0 Å². The summed E-state index contributed by atoms with van der Waals surface area (Å²) in [5, 5.41) is 4.43. The molecule has 0 bridgehead atoms. The number of rotatable bonds is 5. The maximum atomic E-state index is 6.34. The fraction of sp³-hybridized carbons (Fsp3) is 0. The number of benzene rings is 7. The van der Waals surface area contributed by atoms with Crippen LogP contribution in [0.4, 0.5) is 0 Å². The van der Waals surface area contributed by atoms with Gasteiger partial charge in [0.2, 0.25) is 5.95 Å². The van der Waals surface area contributed by atoms with Gasteiger partial charge in [-0.1, -0.05) is 140 Å². The van der Waals surface area contributed by atoms with Crippen LogP contribution < -0.4 is 0 Å². The molecule has 0 aliphatic rings. The molecule has 234 valence electrons. The summed E-state index contributed by atoms with van der Waals surface area (Å²) < 4.78 is 8.54. The highest BCUT2D eigenvalue weighted by Gasteiger charge is 2.21. The Bertz CT molecular complexity index is 2800. The molecule has 0 unspecified atom stereocenters. The molecule has 3 aromatic heterocycles. The molecule has 0 saturated heterocycles. The highest BCUT2D eigenvalue weighted by atomic mass is 16.3. The minimum atomic E-state index is 0.568. The summed E-state index contributed by atoms with van der Waals surface area (Å²) in [6, 6.07) is 58.6. The minimum absolute atomic E-state index is 0.568. The van der Waals surface area contributed by atoms with E-state index in [-0.39, 0.29) is 0 Å². The van der Waals surface area contributed by atoms with Crippen molar-refractivity contribution in [3.63, 3.8) is 0 Å². The van der Waals surface area contributed by atoms with Gasteiger partial charge in [0.05, 0.1) is 11.0 Å². The van der Waals surface area contributed by atoms with Gasteiger partial charge in [0, 0.05) is 38.2 Å². The Labute approximate surface area is 287 Å². The van der Waals surface area contributed by atoms with Gasteiger partial charge in [0.15, 0.2) is 11.6 Å². The Kier molecular flexibility index (Phi) is 6.42. The Balaban J connectivity index is 1.24. The van der Waals surface area contributed by atoms with Crippen molar-refractivity contribution in [2.75, 3.05) is 0 Å². The lowest BCUT2D eigenvalue weighted by atomic mass is 9.99. The molecule has 3 heterocycles. The fourth-order valence-electron chi connectivity index (χ4n) is 7.11. The van der Waals surface area contributed by atoms with E-state index in [2.05, 4.69) is 108 Å². The molecule has 0 aliphatic heterocycles. The summed E-state index contributed by atoms with van der Waals surface area (Å²) in [4.78, 5) is 15.3. The molecule has 0 saturated carbocycles. The predicted molar refractivity (Wildman–Crippen MR) is 203 cm³/mol. The van der Waals surface area contributed by atoms with E-state index < -0.39 is 0 Å². The molecule has 10 rings (SSSR count). The lowest BCUT2D eigenvalue weighted by Crippen LogP contribution is -2.06. The Hall–Kier alpha value is -6.85. The van der Waals surface area contributed by atoms with Crippen LogP contribution in [-0.4, -0.2) is 19.5 Å². The largest absolute Gasteiger partial charge is 0.456 e. The normalized spacial score (nSPS) is 11.6. The van der Waals surface area contributed by atoms with Crippen molar-refractivity contribution in [3.8, 4) is 51.0 Å².